The minimum Gasteiger partial charge on any atom is -0.454 e. The molecule has 0 heterocycles. The number of halogens is 3. The van der Waals surface area contributed by atoms with Gasteiger partial charge in [-0.3, -0.25) is 4.79 Å². The fraction of sp³-hybridized carbons (Fsp3) is 0.238. The number of hydrogen-bond acceptors (Lipinski definition) is 5. The number of ketones is 1. The molecule has 0 aliphatic carbocycles. The van der Waals surface area contributed by atoms with E-state index < -0.39 is 45.7 Å². The number of esters is 1. The molecular weight excluding hydrogens is 435 g/mol. The molecule has 0 fully saturated rings. The molecule has 2 aromatic rings. The van der Waals surface area contributed by atoms with Crippen molar-refractivity contribution in [3.8, 4) is 0 Å². The van der Waals surface area contributed by atoms with Crippen LogP contribution in [-0.4, -0.2) is 33.0 Å². The van der Waals surface area contributed by atoms with Crippen molar-refractivity contribution in [2.24, 2.45) is 0 Å². The van der Waals surface area contributed by atoms with Crippen LogP contribution >= 0.6 is 0 Å². The van der Waals surface area contributed by atoms with Crippen molar-refractivity contribution < 1.29 is 35.9 Å². The Morgan fingerprint density at radius 1 is 1.03 bits per heavy atom. The summed E-state index contributed by atoms with van der Waals surface area (Å²) in [4.78, 5) is 24.9. The average molecular weight is 455 g/mol. The van der Waals surface area contributed by atoms with Crippen LogP contribution in [0.2, 0.25) is 0 Å². The molecule has 0 spiro atoms. The zero-order valence-electron chi connectivity index (χ0n) is 16.7. The van der Waals surface area contributed by atoms with Crippen molar-refractivity contribution in [3.63, 3.8) is 0 Å². The second-order valence-corrected chi connectivity index (χ2v) is 8.44. The third-order valence-corrected chi connectivity index (χ3v) is 5.84. The van der Waals surface area contributed by atoms with Gasteiger partial charge in [0.05, 0.1) is 4.90 Å². The summed E-state index contributed by atoms with van der Waals surface area (Å²) in [6.07, 6.45) is -4.87. The number of aryl methyl sites for hydroxylation is 1. The molecule has 10 heteroatoms. The van der Waals surface area contributed by atoms with Crippen molar-refractivity contribution in [2.75, 3.05) is 6.61 Å². The van der Waals surface area contributed by atoms with E-state index in [-0.39, 0.29) is 10.5 Å². The monoisotopic (exact) mass is 455 g/mol. The number of carbonyl (C=O) groups excluding carboxylic acids is 2. The zero-order chi connectivity index (χ0) is 23.4. The first kappa shape index (κ1) is 24.3. The quantitative estimate of drug-likeness (QED) is 0.487. The van der Waals surface area contributed by atoms with Crippen LogP contribution in [0.15, 0.2) is 71.6 Å². The predicted molar refractivity (Wildman–Crippen MR) is 106 cm³/mol. The number of alkyl halides is 3. The molecule has 0 saturated heterocycles. The lowest BCUT2D eigenvalue weighted by molar-refractivity contribution is -0.190. The highest BCUT2D eigenvalue weighted by Crippen LogP contribution is 2.34. The molecule has 0 radical (unpaired) electrons. The molecule has 0 aliphatic heterocycles. The van der Waals surface area contributed by atoms with Crippen LogP contribution in [-0.2, 0) is 29.9 Å². The highest BCUT2D eigenvalue weighted by atomic mass is 32.2. The Labute approximate surface area is 177 Å². The van der Waals surface area contributed by atoms with E-state index in [0.29, 0.717) is 0 Å². The van der Waals surface area contributed by atoms with E-state index in [9.17, 15) is 31.2 Å². The first-order chi connectivity index (χ1) is 14.3. The number of nitrogens with one attached hydrogen (secondary N) is 1. The molecule has 31 heavy (non-hydrogen) atoms. The molecular formula is C21H20F3NO5S. The summed E-state index contributed by atoms with van der Waals surface area (Å²) in [7, 11) is -4.51. The van der Waals surface area contributed by atoms with Crippen LogP contribution in [0.1, 0.15) is 18.1 Å². The Balaban J connectivity index is 2.69. The zero-order valence-corrected chi connectivity index (χ0v) is 17.5. The number of rotatable bonds is 8. The van der Waals surface area contributed by atoms with Gasteiger partial charge in [0.2, 0.25) is 10.0 Å². The molecule has 0 amide bonds. The van der Waals surface area contributed by atoms with Crippen LogP contribution in [0.25, 0.3) is 0 Å². The number of Topliss-reactive ketones (excluding diaryl/α,β-unsaturated/α-hetero) is 1. The molecule has 2 aromatic carbocycles. The average Bonchev–Trinajstić information content (AvgIpc) is 2.70. The minimum absolute atomic E-state index is 0.127. The Morgan fingerprint density at radius 3 is 2.06 bits per heavy atom. The van der Waals surface area contributed by atoms with Gasteiger partial charge in [0, 0.05) is 5.57 Å². The fourth-order valence-electron chi connectivity index (χ4n) is 2.76. The molecule has 0 bridgehead atoms. The predicted octanol–water partition coefficient (Wildman–Crippen LogP) is 3.42. The minimum atomic E-state index is -4.87. The fourth-order valence-corrected chi connectivity index (χ4v) is 4.10. The van der Waals surface area contributed by atoms with Crippen LogP contribution in [0, 0.1) is 6.92 Å². The third kappa shape index (κ3) is 5.59. The molecule has 166 valence electrons. The Hall–Kier alpha value is -2.98. The molecule has 1 N–H and O–H groups in total. The molecule has 0 aromatic heterocycles. The Morgan fingerprint density at radius 2 is 1.58 bits per heavy atom. The van der Waals surface area contributed by atoms with Crippen molar-refractivity contribution in [1.82, 2.24) is 4.72 Å². The van der Waals surface area contributed by atoms with Gasteiger partial charge < -0.3 is 4.74 Å². The lowest BCUT2D eigenvalue weighted by Gasteiger charge is -2.33. The van der Waals surface area contributed by atoms with E-state index in [2.05, 4.69) is 16.0 Å². The summed E-state index contributed by atoms with van der Waals surface area (Å²) in [6.45, 7) is 4.27. The second-order valence-electron chi connectivity index (χ2n) is 6.76. The van der Waals surface area contributed by atoms with E-state index in [4.69, 9.17) is 0 Å². The van der Waals surface area contributed by atoms with E-state index in [1.165, 1.54) is 48.5 Å². The van der Waals surface area contributed by atoms with Crippen LogP contribution in [0.3, 0.4) is 0 Å². The van der Waals surface area contributed by atoms with Crippen molar-refractivity contribution in [3.05, 3.63) is 77.9 Å². The SMILES string of the molecule is C=C(C(C)=O)[C@@](NS(=O)(=O)c1ccc(C)cc1)(C(=O)OCC(F)(F)F)c1ccccc1. The largest absolute Gasteiger partial charge is 0.454 e. The normalized spacial score (nSPS) is 13.8. The lowest BCUT2D eigenvalue weighted by Crippen LogP contribution is -2.55. The van der Waals surface area contributed by atoms with Gasteiger partial charge in [-0.05, 0) is 31.5 Å². The highest BCUT2D eigenvalue weighted by Gasteiger charge is 2.50. The van der Waals surface area contributed by atoms with Gasteiger partial charge >= 0.3 is 12.1 Å². The molecule has 6 nitrogen and oxygen atoms in total. The van der Waals surface area contributed by atoms with Gasteiger partial charge in [-0.15, -0.1) is 0 Å². The van der Waals surface area contributed by atoms with Crippen LogP contribution in [0.4, 0.5) is 13.2 Å². The standard InChI is InChI=1S/C21H20F3NO5S/c1-14-9-11-18(12-10-14)31(28,29)25-21(15(2)16(3)26,17-7-5-4-6-8-17)19(27)30-13-20(22,23)24/h4-12,25H,2,13H2,1,3H3/t21-/m0/s1. The molecule has 0 unspecified atom stereocenters. The van der Waals surface area contributed by atoms with Gasteiger partial charge in [0.15, 0.2) is 17.9 Å². The lowest BCUT2D eigenvalue weighted by atomic mass is 9.82. The number of hydrogen-bond donors (Lipinski definition) is 1. The molecule has 2 rings (SSSR count). The van der Waals surface area contributed by atoms with E-state index in [1.54, 1.807) is 13.0 Å². The van der Waals surface area contributed by atoms with Crippen LogP contribution < -0.4 is 4.72 Å². The number of sulfonamides is 1. The van der Waals surface area contributed by atoms with Gasteiger partial charge in [-0.2, -0.15) is 17.9 Å². The maximum Gasteiger partial charge on any atom is 0.422 e. The highest BCUT2D eigenvalue weighted by molar-refractivity contribution is 7.89. The summed E-state index contributed by atoms with van der Waals surface area (Å²) in [6, 6.07) is 12.5. The third-order valence-electron chi connectivity index (χ3n) is 4.38. The summed E-state index contributed by atoms with van der Waals surface area (Å²) >= 11 is 0. The first-order valence-corrected chi connectivity index (χ1v) is 10.4. The number of ether oxygens (including phenoxy) is 1. The first-order valence-electron chi connectivity index (χ1n) is 8.90. The maximum absolute atomic E-state index is 13.1. The van der Waals surface area contributed by atoms with Gasteiger partial charge in [-0.1, -0.05) is 54.6 Å². The Bertz CT molecular complexity index is 1080. The second kappa shape index (κ2) is 9.03. The van der Waals surface area contributed by atoms with Gasteiger partial charge in [0.25, 0.3) is 0 Å². The smallest absolute Gasteiger partial charge is 0.422 e. The van der Waals surface area contributed by atoms with E-state index in [0.717, 1.165) is 12.5 Å². The topological polar surface area (TPSA) is 89.5 Å². The van der Waals surface area contributed by atoms with E-state index in [1.807, 2.05) is 0 Å². The molecule has 0 saturated carbocycles. The van der Waals surface area contributed by atoms with Gasteiger partial charge in [-0.25, -0.2) is 13.2 Å². The van der Waals surface area contributed by atoms with Crippen molar-refractivity contribution >= 4 is 21.8 Å². The van der Waals surface area contributed by atoms with Crippen molar-refractivity contribution in [2.45, 2.75) is 30.5 Å². The van der Waals surface area contributed by atoms with E-state index >= 15 is 0 Å². The maximum atomic E-state index is 13.1. The van der Waals surface area contributed by atoms with Gasteiger partial charge in [0.1, 0.15) is 0 Å². The number of carbonyl (C=O) groups is 2. The van der Waals surface area contributed by atoms with Crippen LogP contribution in [0.5, 0.6) is 0 Å². The summed E-state index contributed by atoms with van der Waals surface area (Å²) in [5, 5.41) is 0. The molecule has 1 atom stereocenters. The Kier molecular flexibility index (Phi) is 7.07. The number of benzene rings is 2. The summed E-state index contributed by atoms with van der Waals surface area (Å²) in [5.74, 6) is -2.45. The summed E-state index contributed by atoms with van der Waals surface area (Å²) in [5.41, 5.74) is -2.58. The summed E-state index contributed by atoms with van der Waals surface area (Å²) < 4.78 is 70.7. The van der Waals surface area contributed by atoms with Crippen molar-refractivity contribution in [1.29, 1.82) is 0 Å². The molecule has 0 aliphatic rings.